The Bertz CT molecular complexity index is 790. The molecule has 1 aromatic carbocycles. The molecule has 1 aromatic rings. The Kier molecular flexibility index (Phi) is 8.37. The van der Waals surface area contributed by atoms with Crippen molar-refractivity contribution in [1.82, 2.24) is 0 Å². The minimum absolute atomic E-state index is 0.0567. The molecule has 1 heterocycles. The number of benzene rings is 1. The third-order valence-electron chi connectivity index (χ3n) is 7.22. The summed E-state index contributed by atoms with van der Waals surface area (Å²) in [4.78, 5) is 11.3. The van der Waals surface area contributed by atoms with Crippen LogP contribution in [0.3, 0.4) is 0 Å². The molecule has 5 nitrogen and oxygen atoms in total. The van der Waals surface area contributed by atoms with Gasteiger partial charge in [-0.25, -0.2) is 0 Å². The van der Waals surface area contributed by atoms with Gasteiger partial charge in [-0.3, -0.25) is 4.79 Å². The highest BCUT2D eigenvalue weighted by Gasteiger charge is 2.39. The number of aromatic hydroxyl groups is 2. The highest BCUT2D eigenvalue weighted by molar-refractivity contribution is 6.33. The van der Waals surface area contributed by atoms with Gasteiger partial charge < -0.3 is 20.1 Å². The molecule has 0 saturated carbocycles. The molecule has 1 fully saturated rings. The van der Waals surface area contributed by atoms with Gasteiger partial charge in [-0.2, -0.15) is 0 Å². The fourth-order valence-corrected chi connectivity index (χ4v) is 4.57. The lowest BCUT2D eigenvalue weighted by Gasteiger charge is -2.44. The Morgan fingerprint density at radius 1 is 1.30 bits per heavy atom. The number of aliphatic hydroxyl groups is 1. The van der Waals surface area contributed by atoms with Crippen molar-refractivity contribution in [1.29, 1.82) is 0 Å². The molecule has 1 aliphatic rings. The Labute approximate surface area is 184 Å². The van der Waals surface area contributed by atoms with Crippen LogP contribution < -0.4 is 0 Å². The zero-order valence-electron chi connectivity index (χ0n) is 18.7. The molecule has 6 heteroatoms. The maximum Gasteiger partial charge on any atom is 0.154 e. The predicted octanol–water partition coefficient (Wildman–Crippen LogP) is 5.20. The van der Waals surface area contributed by atoms with E-state index in [9.17, 15) is 20.1 Å². The van der Waals surface area contributed by atoms with E-state index < -0.39 is 6.10 Å². The molecule has 4 atom stereocenters. The van der Waals surface area contributed by atoms with Crippen LogP contribution in [0.4, 0.5) is 0 Å². The molecular formula is C24H35ClO5. The molecule has 0 amide bonds. The average Bonchev–Trinajstić information content (AvgIpc) is 2.70. The summed E-state index contributed by atoms with van der Waals surface area (Å²) >= 11 is 6.12. The minimum atomic E-state index is -0.657. The van der Waals surface area contributed by atoms with Gasteiger partial charge in [-0.15, -0.1) is 0 Å². The maximum absolute atomic E-state index is 11.3. The smallest absolute Gasteiger partial charge is 0.154 e. The van der Waals surface area contributed by atoms with Crippen molar-refractivity contribution >= 4 is 17.9 Å². The first-order valence-corrected chi connectivity index (χ1v) is 11.0. The number of phenols is 2. The largest absolute Gasteiger partial charge is 0.507 e. The Morgan fingerprint density at radius 3 is 2.60 bits per heavy atom. The zero-order chi connectivity index (χ0) is 22.6. The fourth-order valence-electron chi connectivity index (χ4n) is 4.35. The first-order chi connectivity index (χ1) is 14.0. The Morgan fingerprint density at radius 2 is 1.97 bits per heavy atom. The van der Waals surface area contributed by atoms with Crippen molar-refractivity contribution in [3.63, 3.8) is 0 Å². The predicted molar refractivity (Wildman–Crippen MR) is 119 cm³/mol. The van der Waals surface area contributed by atoms with Crippen molar-refractivity contribution in [2.75, 3.05) is 13.2 Å². The normalized spacial score (nSPS) is 26.7. The van der Waals surface area contributed by atoms with Crippen LogP contribution in [0.25, 0.3) is 0 Å². The lowest BCUT2D eigenvalue weighted by molar-refractivity contribution is -0.0290. The van der Waals surface area contributed by atoms with Crippen molar-refractivity contribution in [2.24, 2.45) is 17.3 Å². The summed E-state index contributed by atoms with van der Waals surface area (Å²) < 4.78 is 5.75. The van der Waals surface area contributed by atoms with Crippen molar-refractivity contribution in [3.8, 4) is 11.5 Å². The van der Waals surface area contributed by atoms with Crippen LogP contribution >= 0.6 is 11.6 Å². The molecule has 0 aromatic heterocycles. The van der Waals surface area contributed by atoms with Gasteiger partial charge in [0.15, 0.2) is 6.29 Å². The molecule has 1 aliphatic heterocycles. The van der Waals surface area contributed by atoms with E-state index in [1.165, 1.54) is 0 Å². The molecular weight excluding hydrogens is 404 g/mol. The van der Waals surface area contributed by atoms with Gasteiger partial charge in [-0.1, -0.05) is 38.4 Å². The Hall–Kier alpha value is -1.56. The third-order valence-corrected chi connectivity index (χ3v) is 7.68. The Balaban J connectivity index is 2.23. The lowest BCUT2D eigenvalue weighted by Crippen LogP contribution is -2.40. The summed E-state index contributed by atoms with van der Waals surface area (Å²) in [6.07, 6.45) is 4.51. The molecule has 30 heavy (non-hydrogen) atoms. The van der Waals surface area contributed by atoms with Crippen LogP contribution in [0.1, 0.15) is 68.4 Å². The molecule has 0 spiro atoms. The molecule has 0 bridgehead atoms. The maximum atomic E-state index is 11.3. The number of halogens is 1. The number of allylic oxidation sites excluding steroid dienone is 1. The summed E-state index contributed by atoms with van der Waals surface area (Å²) in [5.41, 5.74) is 1.28. The third kappa shape index (κ3) is 5.01. The van der Waals surface area contributed by atoms with E-state index in [-0.39, 0.29) is 39.5 Å². The highest BCUT2D eigenvalue weighted by atomic mass is 35.5. The second-order valence-electron chi connectivity index (χ2n) is 9.04. The quantitative estimate of drug-likeness (QED) is 0.419. The van der Waals surface area contributed by atoms with Crippen LogP contribution in [0.5, 0.6) is 11.5 Å². The monoisotopic (exact) mass is 438 g/mol. The number of hydrogen-bond acceptors (Lipinski definition) is 5. The zero-order valence-corrected chi connectivity index (χ0v) is 19.4. The molecule has 168 valence electrons. The van der Waals surface area contributed by atoms with Crippen LogP contribution in [-0.4, -0.2) is 40.9 Å². The van der Waals surface area contributed by atoms with Crippen molar-refractivity contribution < 1.29 is 24.9 Å². The van der Waals surface area contributed by atoms with Crippen LogP contribution in [-0.2, 0) is 11.2 Å². The number of rotatable bonds is 6. The molecule has 3 N–H and O–H groups in total. The lowest BCUT2D eigenvalue weighted by atomic mass is 9.64. The summed E-state index contributed by atoms with van der Waals surface area (Å²) in [6, 6.07) is 0. The second-order valence-corrected chi connectivity index (χ2v) is 9.42. The summed E-state index contributed by atoms with van der Waals surface area (Å²) in [5.74, 6) is 0.267. The topological polar surface area (TPSA) is 87.0 Å². The first-order valence-electron chi connectivity index (χ1n) is 10.6. The summed E-state index contributed by atoms with van der Waals surface area (Å²) in [6.45, 7) is 11.5. The van der Waals surface area contributed by atoms with Gasteiger partial charge in [-0.05, 0) is 67.9 Å². The number of phenolic OH excluding ortho intramolecular Hbond substituents is 2. The first kappa shape index (κ1) is 24.7. The van der Waals surface area contributed by atoms with Gasteiger partial charge in [0.2, 0.25) is 0 Å². The van der Waals surface area contributed by atoms with E-state index >= 15 is 0 Å². The molecule has 1 saturated heterocycles. The fraction of sp³-hybridized carbons (Fsp3) is 0.625. The van der Waals surface area contributed by atoms with Gasteiger partial charge in [0.1, 0.15) is 11.5 Å². The number of carbonyl (C=O) groups excluding carboxylic acids is 1. The molecule has 0 radical (unpaired) electrons. The van der Waals surface area contributed by atoms with E-state index in [0.29, 0.717) is 36.7 Å². The molecule has 2 rings (SSSR count). The average molecular weight is 439 g/mol. The SMILES string of the molecule is C/C(=C\Cc1c(O)c(Cl)c(C)c(C=O)c1O)[C@H](O)C[C@@]1(C)[C@H](C)CCCOC[C@@H]1C. The summed E-state index contributed by atoms with van der Waals surface area (Å²) in [7, 11) is 0. The number of aldehydes is 1. The van der Waals surface area contributed by atoms with Gasteiger partial charge in [0.05, 0.1) is 16.7 Å². The van der Waals surface area contributed by atoms with Crippen LogP contribution in [0, 0.1) is 24.2 Å². The van der Waals surface area contributed by atoms with Gasteiger partial charge in [0.25, 0.3) is 0 Å². The summed E-state index contributed by atoms with van der Waals surface area (Å²) in [5, 5.41) is 31.7. The van der Waals surface area contributed by atoms with E-state index in [4.69, 9.17) is 16.3 Å². The number of ether oxygens (including phenoxy) is 1. The number of hydrogen-bond donors (Lipinski definition) is 3. The number of carbonyl (C=O) groups is 1. The van der Waals surface area contributed by atoms with Gasteiger partial charge >= 0.3 is 0 Å². The van der Waals surface area contributed by atoms with Crippen molar-refractivity contribution in [3.05, 3.63) is 33.4 Å². The van der Waals surface area contributed by atoms with E-state index in [1.54, 1.807) is 13.0 Å². The standard InChI is InChI=1S/C24H35ClO5/c1-14(8-9-18-22(28)19(12-26)17(4)21(25)23(18)29)20(27)11-24(5)15(2)7-6-10-30-13-16(24)3/h8,12,15-16,20,27-29H,6-7,9-11,13H2,1-5H3/b14-8+/t15-,16+,20-,24+/m1/s1. The van der Waals surface area contributed by atoms with E-state index in [1.807, 2.05) is 6.92 Å². The van der Waals surface area contributed by atoms with E-state index in [2.05, 4.69) is 20.8 Å². The second kappa shape index (κ2) is 10.2. The van der Waals surface area contributed by atoms with Crippen LogP contribution in [0.15, 0.2) is 11.6 Å². The molecule has 0 aliphatic carbocycles. The minimum Gasteiger partial charge on any atom is -0.507 e. The van der Waals surface area contributed by atoms with Gasteiger partial charge in [0, 0.05) is 18.8 Å². The molecule has 0 unspecified atom stereocenters. The van der Waals surface area contributed by atoms with Crippen molar-refractivity contribution in [2.45, 2.75) is 66.4 Å². The van der Waals surface area contributed by atoms with E-state index in [0.717, 1.165) is 25.0 Å². The number of aliphatic hydroxyl groups excluding tert-OH is 1. The highest BCUT2D eigenvalue weighted by Crippen LogP contribution is 2.44. The van der Waals surface area contributed by atoms with Crippen LogP contribution in [0.2, 0.25) is 5.02 Å².